The predicted molar refractivity (Wildman–Crippen MR) is 90.0 cm³/mol. The lowest BCUT2D eigenvalue weighted by atomic mass is 9.73. The maximum Gasteiger partial charge on any atom is 0.318 e. The Morgan fingerprint density at radius 3 is 1.92 bits per heavy atom. The molecule has 0 heterocycles. The van der Waals surface area contributed by atoms with E-state index in [0.29, 0.717) is 5.56 Å². The highest BCUT2D eigenvalue weighted by molar-refractivity contribution is 5.75. The molecule has 0 aromatic heterocycles. The largest absolute Gasteiger partial charge is 0.466 e. The molecule has 2 atom stereocenters. The molecule has 3 nitrogen and oxygen atoms in total. The van der Waals surface area contributed by atoms with Gasteiger partial charge in [-0.2, -0.15) is 0 Å². The highest BCUT2D eigenvalue weighted by Gasteiger charge is 2.51. The Morgan fingerprint density at radius 2 is 1.58 bits per heavy atom. The van der Waals surface area contributed by atoms with E-state index < -0.39 is 29.8 Å². The maximum absolute atomic E-state index is 13.6. The van der Waals surface area contributed by atoms with E-state index in [2.05, 4.69) is 0 Å². The van der Waals surface area contributed by atoms with Crippen LogP contribution in [0.25, 0.3) is 0 Å². The van der Waals surface area contributed by atoms with Crippen LogP contribution in [-0.2, 0) is 20.5 Å². The third kappa shape index (κ3) is 4.12. The molecule has 136 valence electrons. The molecule has 1 aromatic rings. The molecule has 2 unspecified atom stereocenters. The average Bonchev–Trinajstić information content (AvgIpc) is 2.46. The van der Waals surface area contributed by atoms with Crippen molar-refractivity contribution in [3.8, 4) is 0 Å². The Balaban J connectivity index is 3.39. The maximum atomic E-state index is 13.6. The van der Waals surface area contributed by atoms with Crippen molar-refractivity contribution in [2.45, 2.75) is 59.0 Å². The van der Waals surface area contributed by atoms with Gasteiger partial charge in [0.25, 0.3) is 6.43 Å². The number of hydrogen-bond donors (Lipinski definition) is 1. The summed E-state index contributed by atoms with van der Waals surface area (Å²) in [5.41, 5.74) is -0.792. The van der Waals surface area contributed by atoms with E-state index in [0.717, 1.165) is 5.56 Å². The summed E-state index contributed by atoms with van der Waals surface area (Å²) >= 11 is 0. The topological polar surface area (TPSA) is 46.5 Å². The smallest absolute Gasteiger partial charge is 0.318 e. The van der Waals surface area contributed by atoms with Crippen molar-refractivity contribution in [3.63, 3.8) is 0 Å². The molecule has 0 amide bonds. The molecular formula is C19H28F2O3. The van der Waals surface area contributed by atoms with Crippen LogP contribution in [-0.4, -0.2) is 24.1 Å². The van der Waals surface area contributed by atoms with E-state index in [4.69, 9.17) is 4.74 Å². The number of carbonyl (C=O) groups excluding carboxylic acids is 1. The number of benzene rings is 1. The van der Waals surface area contributed by atoms with Crippen LogP contribution in [0.3, 0.4) is 0 Å². The molecule has 0 saturated carbocycles. The molecule has 1 aromatic carbocycles. The summed E-state index contributed by atoms with van der Waals surface area (Å²) in [6.07, 6.45) is -3.03. The molecule has 0 radical (unpaired) electrons. The highest BCUT2D eigenvalue weighted by atomic mass is 19.3. The fourth-order valence-electron chi connectivity index (χ4n) is 2.82. The number of rotatable bonds is 6. The summed E-state index contributed by atoms with van der Waals surface area (Å²) in [5, 5.41) is 11.1. The van der Waals surface area contributed by atoms with E-state index in [9.17, 15) is 18.7 Å². The molecule has 0 aliphatic heterocycles. The lowest BCUT2D eigenvalue weighted by Crippen LogP contribution is -2.48. The van der Waals surface area contributed by atoms with Crippen LogP contribution in [0.15, 0.2) is 24.3 Å². The quantitative estimate of drug-likeness (QED) is 0.785. The van der Waals surface area contributed by atoms with Crippen molar-refractivity contribution >= 4 is 5.97 Å². The first-order valence-electron chi connectivity index (χ1n) is 8.24. The van der Waals surface area contributed by atoms with Crippen molar-refractivity contribution in [1.82, 2.24) is 0 Å². The molecule has 1 N–H and O–H groups in total. The molecule has 0 spiro atoms. The average molecular weight is 342 g/mol. The highest BCUT2D eigenvalue weighted by Crippen LogP contribution is 2.41. The van der Waals surface area contributed by atoms with Crippen molar-refractivity contribution in [2.75, 3.05) is 6.61 Å². The van der Waals surface area contributed by atoms with Gasteiger partial charge in [-0.3, -0.25) is 4.79 Å². The Bertz CT molecular complexity index is 547. The van der Waals surface area contributed by atoms with Crippen molar-refractivity contribution in [1.29, 1.82) is 0 Å². The SMILES string of the molecule is CCOC(=O)C(C(F)F)C(O)(c1ccc(C(C)(C)C)cc1)C(C)C. The van der Waals surface area contributed by atoms with Gasteiger partial charge in [-0.05, 0) is 29.4 Å². The van der Waals surface area contributed by atoms with Gasteiger partial charge in [0.15, 0.2) is 5.92 Å². The molecule has 0 fully saturated rings. The van der Waals surface area contributed by atoms with Gasteiger partial charge in [0.05, 0.1) is 6.61 Å². The molecule has 1 rings (SSSR count). The van der Waals surface area contributed by atoms with Gasteiger partial charge in [-0.25, -0.2) is 8.78 Å². The molecular weight excluding hydrogens is 314 g/mol. The van der Waals surface area contributed by atoms with Gasteiger partial charge in [0, 0.05) is 0 Å². The van der Waals surface area contributed by atoms with Crippen LogP contribution >= 0.6 is 0 Å². The zero-order valence-corrected chi connectivity index (χ0v) is 15.3. The lowest BCUT2D eigenvalue weighted by molar-refractivity contribution is -0.178. The van der Waals surface area contributed by atoms with Crippen LogP contribution < -0.4 is 0 Å². The number of carbonyl (C=O) groups is 1. The number of hydrogen-bond acceptors (Lipinski definition) is 3. The van der Waals surface area contributed by atoms with Crippen LogP contribution in [0.4, 0.5) is 8.78 Å². The van der Waals surface area contributed by atoms with Crippen molar-refractivity contribution in [3.05, 3.63) is 35.4 Å². The molecule has 0 aliphatic carbocycles. The number of esters is 1. The summed E-state index contributed by atoms with van der Waals surface area (Å²) in [6.45, 7) is 10.9. The zero-order valence-electron chi connectivity index (χ0n) is 15.3. The predicted octanol–water partition coefficient (Wildman–Crippen LogP) is 4.27. The summed E-state index contributed by atoms with van der Waals surface area (Å²) in [4.78, 5) is 12.1. The van der Waals surface area contributed by atoms with E-state index >= 15 is 0 Å². The number of alkyl halides is 2. The molecule has 24 heavy (non-hydrogen) atoms. The van der Waals surface area contributed by atoms with Gasteiger partial charge >= 0.3 is 5.97 Å². The van der Waals surface area contributed by atoms with Gasteiger partial charge in [0.1, 0.15) is 5.60 Å². The van der Waals surface area contributed by atoms with Crippen molar-refractivity contribution in [2.24, 2.45) is 11.8 Å². The molecule has 0 aliphatic rings. The minimum atomic E-state index is -3.03. The fraction of sp³-hybridized carbons (Fsp3) is 0.632. The first kappa shape index (κ1) is 20.6. The number of aliphatic hydroxyl groups is 1. The minimum Gasteiger partial charge on any atom is -0.466 e. The second-order valence-corrected chi connectivity index (χ2v) is 7.37. The van der Waals surface area contributed by atoms with Gasteiger partial charge < -0.3 is 9.84 Å². The summed E-state index contributed by atoms with van der Waals surface area (Å²) < 4.78 is 32.0. The first-order chi connectivity index (χ1) is 11.0. The Kier molecular flexibility index (Phi) is 6.51. The van der Waals surface area contributed by atoms with Crippen LogP contribution in [0.5, 0.6) is 0 Å². The number of ether oxygens (including phenoxy) is 1. The Labute approximate surface area is 143 Å². The normalized spacial score (nSPS) is 16.1. The Hall–Kier alpha value is -1.49. The van der Waals surface area contributed by atoms with Crippen molar-refractivity contribution < 1.29 is 23.4 Å². The Morgan fingerprint density at radius 1 is 1.12 bits per heavy atom. The third-order valence-electron chi connectivity index (χ3n) is 4.36. The monoisotopic (exact) mass is 342 g/mol. The summed E-state index contributed by atoms with van der Waals surface area (Å²) in [7, 11) is 0. The van der Waals surface area contributed by atoms with Crippen LogP contribution in [0, 0.1) is 11.8 Å². The van der Waals surface area contributed by atoms with Crippen LogP contribution in [0.2, 0.25) is 0 Å². The second kappa shape index (κ2) is 7.60. The third-order valence-corrected chi connectivity index (χ3v) is 4.36. The summed E-state index contributed by atoms with van der Waals surface area (Å²) in [6, 6.07) is 6.84. The van der Waals surface area contributed by atoms with Gasteiger partial charge in [0.2, 0.25) is 0 Å². The fourth-order valence-corrected chi connectivity index (χ4v) is 2.82. The van der Waals surface area contributed by atoms with E-state index in [-0.39, 0.29) is 12.0 Å². The lowest BCUT2D eigenvalue weighted by Gasteiger charge is -2.38. The van der Waals surface area contributed by atoms with E-state index in [1.165, 1.54) is 0 Å². The van der Waals surface area contributed by atoms with E-state index in [1.807, 2.05) is 20.8 Å². The van der Waals surface area contributed by atoms with Gasteiger partial charge in [-0.1, -0.05) is 58.9 Å². The minimum absolute atomic E-state index is 0.0147. The molecule has 0 bridgehead atoms. The summed E-state index contributed by atoms with van der Waals surface area (Å²) in [5.74, 6) is -3.61. The molecule has 5 heteroatoms. The van der Waals surface area contributed by atoms with Gasteiger partial charge in [-0.15, -0.1) is 0 Å². The number of halogens is 2. The standard InChI is InChI=1S/C19H28F2O3/c1-7-24-17(22)15(16(20)21)19(23,12(2)3)14-10-8-13(9-11-14)18(4,5)6/h8-12,15-16,23H,7H2,1-6H3. The zero-order chi connectivity index (χ0) is 18.7. The molecule has 0 saturated heterocycles. The second-order valence-electron chi connectivity index (χ2n) is 7.37. The van der Waals surface area contributed by atoms with Crippen LogP contribution in [0.1, 0.15) is 52.7 Å². The van der Waals surface area contributed by atoms with E-state index in [1.54, 1.807) is 45.0 Å². The first-order valence-corrected chi connectivity index (χ1v) is 8.24.